The van der Waals surface area contributed by atoms with Crippen molar-refractivity contribution in [2.45, 2.75) is 11.8 Å². The van der Waals surface area contributed by atoms with Gasteiger partial charge in [-0.1, -0.05) is 6.92 Å². The second kappa shape index (κ2) is 6.44. The van der Waals surface area contributed by atoms with Crippen LogP contribution in [0.4, 0.5) is 0 Å². The summed E-state index contributed by atoms with van der Waals surface area (Å²) in [5, 5.41) is 8.89. The minimum atomic E-state index is -3.65. The van der Waals surface area contributed by atoms with Crippen molar-refractivity contribution in [3.8, 4) is 0 Å². The third kappa shape index (κ3) is 4.26. The molecule has 0 aliphatic rings. The van der Waals surface area contributed by atoms with Crippen LogP contribution in [0.25, 0.3) is 0 Å². The number of hydrogen-bond acceptors (Lipinski definition) is 4. The van der Waals surface area contributed by atoms with Crippen molar-refractivity contribution < 1.29 is 18.3 Å². The molecule has 0 aromatic carbocycles. The first-order valence-electron chi connectivity index (χ1n) is 5.66. The van der Waals surface area contributed by atoms with Gasteiger partial charge in [-0.15, -0.1) is 0 Å². The van der Waals surface area contributed by atoms with Crippen LogP contribution in [0.3, 0.4) is 0 Å². The highest BCUT2D eigenvalue weighted by atomic mass is 32.2. The normalized spacial score (nSPS) is 13.4. The lowest BCUT2D eigenvalue weighted by Crippen LogP contribution is -2.29. The fourth-order valence-corrected chi connectivity index (χ4v) is 3.49. The van der Waals surface area contributed by atoms with Crippen molar-refractivity contribution in [1.82, 2.24) is 9.29 Å². The zero-order valence-electron chi connectivity index (χ0n) is 11.1. The molecule has 0 aliphatic heterocycles. The number of nitrogens with one attached hydrogen (secondary N) is 1. The van der Waals surface area contributed by atoms with Crippen LogP contribution >= 0.6 is 11.8 Å². The fraction of sp³-hybridized carbons (Fsp3) is 0.545. The molecule has 0 saturated heterocycles. The molecule has 0 spiro atoms. The number of carboxylic acids is 1. The third-order valence-electron chi connectivity index (χ3n) is 2.58. The van der Waals surface area contributed by atoms with Crippen LogP contribution in [0, 0.1) is 5.92 Å². The minimum Gasteiger partial charge on any atom is -0.477 e. The maximum absolute atomic E-state index is 12.0. The smallest absolute Gasteiger partial charge is 0.352 e. The molecule has 1 heterocycles. The Kier molecular flexibility index (Phi) is 5.45. The molecular formula is C11H18N2O4S2. The number of sulfonamides is 1. The Bertz CT molecular complexity index is 551. The van der Waals surface area contributed by atoms with Crippen LogP contribution in [-0.4, -0.2) is 42.6 Å². The second-order valence-electron chi connectivity index (χ2n) is 4.39. The molecule has 8 heteroatoms. The molecular weight excluding hydrogens is 288 g/mol. The topological polar surface area (TPSA) is 88.4 Å². The summed E-state index contributed by atoms with van der Waals surface area (Å²) in [6.07, 6.45) is 3.26. The highest BCUT2D eigenvalue weighted by molar-refractivity contribution is 7.98. The summed E-state index contributed by atoms with van der Waals surface area (Å²) >= 11 is 1.65. The molecule has 19 heavy (non-hydrogen) atoms. The fourth-order valence-electron chi connectivity index (χ4n) is 1.57. The van der Waals surface area contributed by atoms with Gasteiger partial charge in [0.15, 0.2) is 0 Å². The zero-order chi connectivity index (χ0) is 14.6. The summed E-state index contributed by atoms with van der Waals surface area (Å²) in [5.41, 5.74) is -0.0578. The highest BCUT2D eigenvalue weighted by Crippen LogP contribution is 2.14. The number of nitrogens with zero attached hydrogens (tertiary/aromatic N) is 1. The Morgan fingerprint density at radius 1 is 1.58 bits per heavy atom. The van der Waals surface area contributed by atoms with E-state index in [9.17, 15) is 13.2 Å². The van der Waals surface area contributed by atoms with Crippen molar-refractivity contribution in [2.75, 3.05) is 18.6 Å². The van der Waals surface area contributed by atoms with Gasteiger partial charge >= 0.3 is 5.97 Å². The Balaban J connectivity index is 2.83. The molecule has 1 aromatic rings. The number of carboxylic acid groups (broad SMARTS) is 1. The SMILES string of the molecule is CSCC(C)CNS(=O)(=O)c1cc(C(=O)O)n(C)c1. The molecule has 0 amide bonds. The molecule has 1 atom stereocenters. The van der Waals surface area contributed by atoms with Crippen molar-refractivity contribution >= 4 is 27.8 Å². The van der Waals surface area contributed by atoms with Gasteiger partial charge in [-0.05, 0) is 24.0 Å². The van der Waals surface area contributed by atoms with Crippen LogP contribution in [0.1, 0.15) is 17.4 Å². The van der Waals surface area contributed by atoms with E-state index in [4.69, 9.17) is 5.11 Å². The molecule has 1 aromatic heterocycles. The minimum absolute atomic E-state index is 0.0243. The maximum atomic E-state index is 12.0. The number of aryl methyl sites for hydroxylation is 1. The van der Waals surface area contributed by atoms with Crippen molar-refractivity contribution in [1.29, 1.82) is 0 Å². The van der Waals surface area contributed by atoms with Gasteiger partial charge in [0.25, 0.3) is 0 Å². The largest absolute Gasteiger partial charge is 0.477 e. The number of carbonyl (C=O) groups is 1. The van der Waals surface area contributed by atoms with Crippen molar-refractivity contribution in [3.05, 3.63) is 18.0 Å². The van der Waals surface area contributed by atoms with Gasteiger partial charge in [0, 0.05) is 19.8 Å². The summed E-state index contributed by atoms with van der Waals surface area (Å²) < 4.78 is 27.8. The van der Waals surface area contributed by atoms with Crippen molar-refractivity contribution in [2.24, 2.45) is 13.0 Å². The Labute approximate surface area is 117 Å². The van der Waals surface area contributed by atoms with E-state index >= 15 is 0 Å². The van der Waals surface area contributed by atoms with Crippen LogP contribution in [-0.2, 0) is 17.1 Å². The molecule has 0 radical (unpaired) electrons. The van der Waals surface area contributed by atoms with E-state index in [2.05, 4.69) is 4.72 Å². The summed E-state index contributed by atoms with van der Waals surface area (Å²) in [6.45, 7) is 2.28. The van der Waals surface area contributed by atoms with Gasteiger partial charge in [0.05, 0.1) is 0 Å². The first-order valence-corrected chi connectivity index (χ1v) is 8.54. The lowest BCUT2D eigenvalue weighted by Gasteiger charge is -2.10. The second-order valence-corrected chi connectivity index (χ2v) is 7.07. The van der Waals surface area contributed by atoms with E-state index in [1.54, 1.807) is 11.8 Å². The van der Waals surface area contributed by atoms with Gasteiger partial charge in [0.1, 0.15) is 10.6 Å². The summed E-state index contributed by atoms with van der Waals surface area (Å²) in [4.78, 5) is 10.9. The molecule has 1 unspecified atom stereocenters. The zero-order valence-corrected chi connectivity index (χ0v) is 12.7. The van der Waals surface area contributed by atoms with Gasteiger partial charge < -0.3 is 9.67 Å². The first kappa shape index (κ1) is 16.1. The molecule has 0 aliphatic carbocycles. The standard InChI is InChI=1S/C11H18N2O4S2/c1-8(7-18-3)5-12-19(16,17)9-4-10(11(14)15)13(2)6-9/h4,6,8,12H,5,7H2,1-3H3,(H,14,15). The average Bonchev–Trinajstić information content (AvgIpc) is 2.70. The monoisotopic (exact) mass is 306 g/mol. The number of rotatable bonds is 7. The van der Waals surface area contributed by atoms with Gasteiger partial charge in [0.2, 0.25) is 10.0 Å². The van der Waals surface area contributed by atoms with E-state index in [-0.39, 0.29) is 16.5 Å². The van der Waals surface area contributed by atoms with Gasteiger partial charge in [-0.25, -0.2) is 17.9 Å². The maximum Gasteiger partial charge on any atom is 0.352 e. The number of aromatic nitrogens is 1. The van der Waals surface area contributed by atoms with E-state index in [1.807, 2.05) is 13.2 Å². The predicted molar refractivity (Wildman–Crippen MR) is 75.1 cm³/mol. The van der Waals surface area contributed by atoms with Gasteiger partial charge in [-0.3, -0.25) is 0 Å². The lowest BCUT2D eigenvalue weighted by atomic mass is 10.2. The molecule has 0 fully saturated rings. The number of hydrogen-bond donors (Lipinski definition) is 2. The molecule has 0 bridgehead atoms. The molecule has 1 rings (SSSR count). The summed E-state index contributed by atoms with van der Waals surface area (Å²) in [7, 11) is -2.15. The van der Waals surface area contributed by atoms with Crippen LogP contribution in [0.2, 0.25) is 0 Å². The van der Waals surface area contributed by atoms with E-state index in [1.165, 1.54) is 17.8 Å². The van der Waals surface area contributed by atoms with Crippen LogP contribution < -0.4 is 4.72 Å². The molecule has 0 saturated carbocycles. The molecule has 108 valence electrons. The third-order valence-corrected chi connectivity index (χ3v) is 4.88. The Morgan fingerprint density at radius 3 is 2.68 bits per heavy atom. The van der Waals surface area contributed by atoms with Crippen LogP contribution in [0.5, 0.6) is 0 Å². The predicted octanol–water partition coefficient (Wildman–Crippen LogP) is 1.00. The highest BCUT2D eigenvalue weighted by Gasteiger charge is 2.20. The average molecular weight is 306 g/mol. The first-order chi connectivity index (χ1) is 8.77. The summed E-state index contributed by atoms with van der Waals surface area (Å²) in [6, 6.07) is 1.16. The lowest BCUT2D eigenvalue weighted by molar-refractivity contribution is 0.0686. The van der Waals surface area contributed by atoms with E-state index < -0.39 is 16.0 Å². The number of thioether (sulfide) groups is 1. The van der Waals surface area contributed by atoms with Gasteiger partial charge in [-0.2, -0.15) is 11.8 Å². The van der Waals surface area contributed by atoms with Crippen molar-refractivity contribution in [3.63, 3.8) is 0 Å². The quantitative estimate of drug-likeness (QED) is 0.784. The molecule has 2 N–H and O–H groups in total. The number of aromatic carboxylic acids is 1. The Morgan fingerprint density at radius 2 is 2.21 bits per heavy atom. The van der Waals surface area contributed by atoms with E-state index in [0.717, 1.165) is 11.8 Å². The molecule has 6 nitrogen and oxygen atoms in total. The van der Waals surface area contributed by atoms with E-state index in [0.29, 0.717) is 6.54 Å². The Hall–Kier alpha value is -0.990. The summed E-state index contributed by atoms with van der Waals surface area (Å²) in [5.74, 6) is -0.0790. The van der Waals surface area contributed by atoms with Crippen LogP contribution in [0.15, 0.2) is 17.2 Å².